The van der Waals surface area contributed by atoms with Crippen LogP contribution in [0.15, 0.2) is 15.7 Å². The lowest BCUT2D eigenvalue weighted by molar-refractivity contribution is -0.137. The van der Waals surface area contributed by atoms with E-state index in [0.29, 0.717) is 49.6 Å². The van der Waals surface area contributed by atoms with Crippen LogP contribution in [0.1, 0.15) is 36.8 Å². The van der Waals surface area contributed by atoms with Crippen LogP contribution in [0.25, 0.3) is 0 Å². The molecule has 2 aromatic heterocycles. The van der Waals surface area contributed by atoms with Crippen molar-refractivity contribution in [1.29, 1.82) is 0 Å². The second-order valence-electron chi connectivity index (χ2n) is 7.07. The van der Waals surface area contributed by atoms with E-state index >= 15 is 0 Å². The Kier molecular flexibility index (Phi) is 5.84. The number of carbonyl (C=O) groups is 1. The highest BCUT2D eigenvalue weighted by molar-refractivity contribution is 7.89. The summed E-state index contributed by atoms with van der Waals surface area (Å²) in [5.74, 6) is -0.465. The molecule has 1 atom stereocenters. The first kappa shape index (κ1) is 20.5. The lowest BCUT2D eigenvalue weighted by Gasteiger charge is -2.33. The van der Waals surface area contributed by atoms with Gasteiger partial charge in [0.15, 0.2) is 0 Å². The number of rotatable bonds is 6. The number of carbonyl (C=O) groups excluding carboxylic acids is 1. The van der Waals surface area contributed by atoms with Gasteiger partial charge in [0.1, 0.15) is 16.3 Å². The number of amides is 1. The summed E-state index contributed by atoms with van der Waals surface area (Å²) in [5, 5.41) is 11.6. The molecule has 154 valence electrons. The van der Waals surface area contributed by atoms with E-state index in [2.05, 4.69) is 15.4 Å². The van der Waals surface area contributed by atoms with Gasteiger partial charge >= 0.3 is 0 Å². The molecule has 0 unspecified atom stereocenters. The molecular formula is C17H26N6O4S. The van der Waals surface area contributed by atoms with Crippen molar-refractivity contribution in [1.82, 2.24) is 29.3 Å². The number of piperidine rings is 1. The highest BCUT2D eigenvalue weighted by atomic mass is 32.2. The Hall–Kier alpha value is -2.27. The maximum absolute atomic E-state index is 13.1. The highest BCUT2D eigenvalue weighted by Gasteiger charge is 2.36. The van der Waals surface area contributed by atoms with Crippen molar-refractivity contribution in [3.63, 3.8) is 0 Å². The maximum atomic E-state index is 13.1. The van der Waals surface area contributed by atoms with Crippen LogP contribution in [0.4, 0.5) is 0 Å². The number of sulfonamides is 1. The third-order valence-corrected chi connectivity index (χ3v) is 7.29. The Morgan fingerprint density at radius 3 is 2.68 bits per heavy atom. The second-order valence-corrected chi connectivity index (χ2v) is 8.98. The second kappa shape index (κ2) is 8.00. The molecule has 10 nitrogen and oxygen atoms in total. The summed E-state index contributed by atoms with van der Waals surface area (Å²) in [7, 11) is -1.98. The first-order chi connectivity index (χ1) is 13.3. The van der Waals surface area contributed by atoms with Crippen LogP contribution in [-0.2, 0) is 28.4 Å². The van der Waals surface area contributed by atoms with E-state index in [4.69, 9.17) is 4.63 Å². The van der Waals surface area contributed by atoms with Crippen molar-refractivity contribution < 1.29 is 17.8 Å². The molecule has 3 heterocycles. The van der Waals surface area contributed by atoms with Gasteiger partial charge in [-0.15, -0.1) is 0 Å². The highest BCUT2D eigenvalue weighted by Crippen LogP contribution is 2.26. The number of hydrogen-bond donors (Lipinski definition) is 0. The van der Waals surface area contributed by atoms with Gasteiger partial charge in [0.2, 0.25) is 15.9 Å². The van der Waals surface area contributed by atoms with Crippen LogP contribution in [-0.4, -0.2) is 63.3 Å². The van der Waals surface area contributed by atoms with E-state index in [9.17, 15) is 13.2 Å². The first-order valence-corrected chi connectivity index (χ1v) is 10.7. The van der Waals surface area contributed by atoms with Crippen molar-refractivity contribution in [2.75, 3.05) is 19.6 Å². The van der Waals surface area contributed by atoms with Gasteiger partial charge in [-0.05, 0) is 33.6 Å². The summed E-state index contributed by atoms with van der Waals surface area (Å²) in [5.41, 5.74) is 1.84. The maximum Gasteiger partial charge on any atom is 0.246 e. The molecule has 28 heavy (non-hydrogen) atoms. The molecule has 1 aliphatic rings. The van der Waals surface area contributed by atoms with E-state index in [1.165, 1.54) is 15.2 Å². The van der Waals surface area contributed by atoms with Gasteiger partial charge in [-0.2, -0.15) is 9.40 Å². The van der Waals surface area contributed by atoms with Gasteiger partial charge in [-0.25, -0.2) is 13.0 Å². The minimum absolute atomic E-state index is 0.0762. The van der Waals surface area contributed by atoms with E-state index in [-0.39, 0.29) is 23.3 Å². The monoisotopic (exact) mass is 410 g/mol. The van der Waals surface area contributed by atoms with Gasteiger partial charge in [0.25, 0.3) is 0 Å². The normalized spacial score (nSPS) is 18.4. The van der Waals surface area contributed by atoms with E-state index in [1.54, 1.807) is 25.8 Å². The molecule has 0 bridgehead atoms. The summed E-state index contributed by atoms with van der Waals surface area (Å²) in [6.07, 6.45) is 2.66. The van der Waals surface area contributed by atoms with E-state index in [1.807, 2.05) is 6.92 Å². The summed E-state index contributed by atoms with van der Waals surface area (Å²) in [6, 6.07) is 0. The summed E-state index contributed by atoms with van der Waals surface area (Å²) >= 11 is 0. The molecule has 0 saturated carbocycles. The fourth-order valence-electron chi connectivity index (χ4n) is 3.41. The summed E-state index contributed by atoms with van der Waals surface area (Å²) < 4.78 is 33.7. The van der Waals surface area contributed by atoms with Crippen LogP contribution in [0.5, 0.6) is 0 Å². The third-order valence-electron chi connectivity index (χ3n) is 5.32. The Labute approximate surface area is 164 Å². The van der Waals surface area contributed by atoms with Crippen LogP contribution in [0, 0.1) is 19.8 Å². The SMILES string of the molecule is CCN(Cc1nonc1C)C(=O)[C@H]1CCCN(S(=O)(=O)c2cnn(C)c2C)C1. The van der Waals surface area contributed by atoms with E-state index < -0.39 is 10.0 Å². The molecule has 0 N–H and O–H groups in total. The van der Waals surface area contributed by atoms with Crippen molar-refractivity contribution >= 4 is 15.9 Å². The summed E-state index contributed by atoms with van der Waals surface area (Å²) in [6.45, 7) is 6.75. The standard InChI is InChI=1S/C17H26N6O4S/c1-5-22(11-15-12(2)19-27-20-15)17(24)14-7-6-8-23(10-14)28(25,26)16-9-18-21(4)13(16)3/h9,14H,5-8,10-11H2,1-4H3/t14-/m0/s1. The van der Waals surface area contributed by atoms with Gasteiger partial charge in [0.05, 0.1) is 24.4 Å². The minimum atomic E-state index is -3.69. The smallest absolute Gasteiger partial charge is 0.246 e. The number of aromatic nitrogens is 4. The van der Waals surface area contributed by atoms with Crippen molar-refractivity contribution in [3.05, 3.63) is 23.3 Å². The average molecular weight is 411 g/mol. The molecular weight excluding hydrogens is 384 g/mol. The van der Waals surface area contributed by atoms with Gasteiger partial charge in [0, 0.05) is 26.7 Å². The van der Waals surface area contributed by atoms with Crippen LogP contribution < -0.4 is 0 Å². The molecule has 0 spiro atoms. The van der Waals surface area contributed by atoms with E-state index in [0.717, 1.165) is 0 Å². The average Bonchev–Trinajstić information content (AvgIpc) is 3.24. The third kappa shape index (κ3) is 3.81. The zero-order valence-electron chi connectivity index (χ0n) is 16.6. The summed E-state index contributed by atoms with van der Waals surface area (Å²) in [4.78, 5) is 14.9. The van der Waals surface area contributed by atoms with Crippen LogP contribution >= 0.6 is 0 Å². The Morgan fingerprint density at radius 1 is 1.36 bits per heavy atom. The topological polar surface area (TPSA) is 114 Å². The fraction of sp³-hybridized carbons (Fsp3) is 0.647. The lowest BCUT2D eigenvalue weighted by atomic mass is 9.98. The molecule has 1 amide bonds. The number of hydrogen-bond acceptors (Lipinski definition) is 7. The van der Waals surface area contributed by atoms with Crippen LogP contribution in [0.2, 0.25) is 0 Å². The van der Waals surface area contributed by atoms with Crippen molar-refractivity contribution in [2.45, 2.75) is 45.1 Å². The van der Waals surface area contributed by atoms with Crippen LogP contribution in [0.3, 0.4) is 0 Å². The Balaban J connectivity index is 1.75. The molecule has 1 saturated heterocycles. The Morgan fingerprint density at radius 2 is 2.11 bits per heavy atom. The fourth-order valence-corrected chi connectivity index (χ4v) is 5.12. The Bertz CT molecular complexity index is 951. The molecule has 0 aliphatic carbocycles. The number of nitrogens with zero attached hydrogens (tertiary/aromatic N) is 6. The molecule has 3 rings (SSSR count). The van der Waals surface area contributed by atoms with Gasteiger partial charge in [-0.3, -0.25) is 9.48 Å². The quantitative estimate of drug-likeness (QED) is 0.694. The van der Waals surface area contributed by atoms with Gasteiger partial charge in [-0.1, -0.05) is 10.3 Å². The molecule has 11 heteroatoms. The zero-order chi connectivity index (χ0) is 20.5. The number of aryl methyl sites for hydroxylation is 2. The largest absolute Gasteiger partial charge is 0.337 e. The zero-order valence-corrected chi connectivity index (χ0v) is 17.4. The lowest BCUT2D eigenvalue weighted by Crippen LogP contribution is -2.46. The molecule has 1 fully saturated rings. The molecule has 0 aromatic carbocycles. The first-order valence-electron chi connectivity index (χ1n) is 9.31. The molecule has 1 aliphatic heterocycles. The van der Waals surface area contributed by atoms with Crippen molar-refractivity contribution in [3.8, 4) is 0 Å². The van der Waals surface area contributed by atoms with Gasteiger partial charge < -0.3 is 4.90 Å². The molecule has 0 radical (unpaired) electrons. The predicted octanol–water partition coefficient (Wildman–Crippen LogP) is 0.869. The van der Waals surface area contributed by atoms with Crippen molar-refractivity contribution in [2.24, 2.45) is 13.0 Å². The predicted molar refractivity (Wildman–Crippen MR) is 99.6 cm³/mol. The molecule has 2 aromatic rings. The minimum Gasteiger partial charge on any atom is -0.337 e.